The van der Waals surface area contributed by atoms with Gasteiger partial charge in [-0.25, -0.2) is 38.4 Å². The summed E-state index contributed by atoms with van der Waals surface area (Å²) >= 11 is 1.23. The standard InChI is InChI=1S/C20H27N7O12S5.3Na/c1-13-19(23-22-17-12-18(39-25-17)40-6-3-4-7-42(30,31)32)20(21-2)27(24-13)5-8-41(28,29)26-14-9-15(43(33,34)35)11-16(10-14)44(36,37)38;;;/h9-12,21,26H,3-8H2,1-2H3,(H,30,31,32)(H,33,34,35)(H,36,37,38);;;/q;3*+1/p-3. The van der Waals surface area contributed by atoms with Crippen LogP contribution in [0, 0.1) is 6.92 Å². The number of azo groups is 1. The largest absolute Gasteiger partial charge is 1.00 e. The molecule has 2 heterocycles. The molecule has 2 aromatic heterocycles. The Kier molecular flexibility index (Phi) is 19.4. The Labute approximate surface area is 342 Å². The van der Waals surface area contributed by atoms with Crippen molar-refractivity contribution in [1.29, 1.82) is 0 Å². The van der Waals surface area contributed by atoms with Gasteiger partial charge in [0.2, 0.25) is 15.8 Å². The van der Waals surface area contributed by atoms with Crippen molar-refractivity contribution < 1.29 is 141 Å². The normalized spacial score (nSPS) is 12.2. The molecule has 0 unspecified atom stereocenters. The van der Waals surface area contributed by atoms with Crippen molar-refractivity contribution in [3.05, 3.63) is 30.0 Å². The van der Waals surface area contributed by atoms with Gasteiger partial charge < -0.3 is 23.5 Å². The predicted octanol–water partition coefficient (Wildman–Crippen LogP) is -7.68. The number of unbranched alkanes of at least 4 members (excludes halogenated alkanes) is 1. The number of aryl methyl sites for hydroxylation is 2. The molecule has 0 aliphatic rings. The van der Waals surface area contributed by atoms with Crippen LogP contribution in [0.1, 0.15) is 18.5 Å². The molecule has 0 fully saturated rings. The van der Waals surface area contributed by atoms with Gasteiger partial charge in [-0.05, 0) is 38.0 Å². The van der Waals surface area contributed by atoms with Gasteiger partial charge in [-0.15, -0.1) is 10.2 Å². The first-order chi connectivity index (χ1) is 20.3. The number of nitrogens with zero attached hydrogens (tertiary/aromatic N) is 5. The zero-order chi connectivity index (χ0) is 32.9. The summed E-state index contributed by atoms with van der Waals surface area (Å²) < 4.78 is 134. The van der Waals surface area contributed by atoms with Crippen LogP contribution in [0.5, 0.6) is 0 Å². The molecule has 27 heteroatoms. The number of hydrogen-bond acceptors (Lipinski definition) is 18. The smallest absolute Gasteiger partial charge is 0.748 e. The Morgan fingerprint density at radius 3 is 2.00 bits per heavy atom. The molecule has 47 heavy (non-hydrogen) atoms. The molecule has 0 aliphatic heterocycles. The monoisotopic (exact) mass is 783 g/mol. The summed E-state index contributed by atoms with van der Waals surface area (Å²) in [6, 6.07) is 2.98. The molecule has 0 bridgehead atoms. The molecule has 2 N–H and O–H groups in total. The van der Waals surface area contributed by atoms with Crippen LogP contribution in [-0.2, 0) is 46.9 Å². The maximum absolute atomic E-state index is 12.7. The van der Waals surface area contributed by atoms with E-state index in [9.17, 15) is 47.3 Å². The number of rotatable bonds is 16. The Morgan fingerprint density at radius 1 is 0.872 bits per heavy atom. The molecule has 0 aliphatic carbocycles. The molecule has 0 spiro atoms. The maximum Gasteiger partial charge on any atom is 1.00 e. The zero-order valence-electron chi connectivity index (χ0n) is 25.7. The zero-order valence-corrected chi connectivity index (χ0v) is 35.8. The van der Waals surface area contributed by atoms with E-state index in [4.69, 9.17) is 4.52 Å². The molecular formula is C20H24N7Na3O12S5. The first-order valence-electron chi connectivity index (χ1n) is 12.0. The van der Waals surface area contributed by atoms with Crippen molar-refractivity contribution >= 4 is 75.2 Å². The molecule has 0 atom stereocenters. The minimum atomic E-state index is -5.23. The van der Waals surface area contributed by atoms with Crippen molar-refractivity contribution in [3.63, 3.8) is 0 Å². The van der Waals surface area contributed by atoms with Gasteiger partial charge in [0.1, 0.15) is 20.2 Å². The van der Waals surface area contributed by atoms with Gasteiger partial charge in [-0.2, -0.15) is 5.10 Å². The van der Waals surface area contributed by atoms with E-state index in [0.717, 1.165) is 0 Å². The number of hydrogen-bond donors (Lipinski definition) is 2. The second-order valence-corrected chi connectivity index (χ2v) is 16.0. The van der Waals surface area contributed by atoms with Crippen LogP contribution < -0.4 is 98.7 Å². The Morgan fingerprint density at radius 2 is 1.47 bits per heavy atom. The van der Waals surface area contributed by atoms with E-state index in [0.29, 0.717) is 41.2 Å². The number of nitrogens with one attached hydrogen (secondary N) is 2. The predicted molar refractivity (Wildman–Crippen MR) is 151 cm³/mol. The van der Waals surface area contributed by atoms with E-state index in [2.05, 4.69) is 25.8 Å². The third-order valence-electron chi connectivity index (χ3n) is 5.40. The van der Waals surface area contributed by atoms with Gasteiger partial charge in [0.25, 0.3) is 0 Å². The van der Waals surface area contributed by atoms with Gasteiger partial charge in [0.15, 0.2) is 16.6 Å². The van der Waals surface area contributed by atoms with Gasteiger partial charge in [-0.1, -0.05) is 16.9 Å². The fourth-order valence-electron chi connectivity index (χ4n) is 3.48. The van der Waals surface area contributed by atoms with Crippen molar-refractivity contribution in [2.45, 2.75) is 41.2 Å². The summed E-state index contributed by atoms with van der Waals surface area (Å²) in [6.07, 6.45) is 0.662. The van der Waals surface area contributed by atoms with E-state index >= 15 is 0 Å². The summed E-state index contributed by atoms with van der Waals surface area (Å²) in [6.45, 7) is 1.29. The summed E-state index contributed by atoms with van der Waals surface area (Å²) in [4.78, 5) is -2.23. The van der Waals surface area contributed by atoms with Crippen LogP contribution in [0.15, 0.2) is 53.9 Å². The molecule has 0 saturated carbocycles. The van der Waals surface area contributed by atoms with Crippen molar-refractivity contribution in [3.8, 4) is 0 Å². The van der Waals surface area contributed by atoms with E-state index in [1.54, 1.807) is 6.92 Å². The molecule has 3 rings (SSSR count). The summed E-state index contributed by atoms with van der Waals surface area (Å²) in [7, 11) is -17.5. The average molecular weight is 784 g/mol. The Hall–Kier alpha value is -0.130. The summed E-state index contributed by atoms with van der Waals surface area (Å²) in [5, 5.41) is 19.3. The quantitative estimate of drug-likeness (QED) is 0.0448. The topological polar surface area (TPSA) is 298 Å². The number of benzene rings is 1. The molecule has 3 aromatic rings. The second-order valence-electron chi connectivity index (χ2n) is 8.80. The van der Waals surface area contributed by atoms with Crippen LogP contribution in [0.25, 0.3) is 0 Å². The average Bonchev–Trinajstić information content (AvgIpc) is 3.46. The molecule has 244 valence electrons. The summed E-state index contributed by atoms with van der Waals surface area (Å²) in [5.41, 5.74) is -0.0575. The van der Waals surface area contributed by atoms with Gasteiger partial charge in [-0.3, -0.25) is 4.72 Å². The molecular weight excluding hydrogens is 760 g/mol. The molecule has 0 saturated heterocycles. The molecule has 1 aromatic carbocycles. The first-order valence-corrected chi connectivity index (χ1v) is 19.1. The number of aromatic nitrogens is 3. The van der Waals surface area contributed by atoms with Crippen LogP contribution in [0.2, 0.25) is 0 Å². The maximum atomic E-state index is 12.7. The van der Waals surface area contributed by atoms with E-state index in [1.165, 1.54) is 29.6 Å². The van der Waals surface area contributed by atoms with E-state index < -0.39 is 67.4 Å². The van der Waals surface area contributed by atoms with Crippen molar-refractivity contribution in [2.75, 3.05) is 34.3 Å². The van der Waals surface area contributed by atoms with Crippen molar-refractivity contribution in [2.24, 2.45) is 10.2 Å². The molecule has 19 nitrogen and oxygen atoms in total. The fraction of sp³-hybridized carbons (Fsp3) is 0.400. The first kappa shape index (κ1) is 46.9. The Balaban J connectivity index is 0.00000705. The van der Waals surface area contributed by atoms with Crippen LogP contribution in [0.4, 0.5) is 23.0 Å². The van der Waals surface area contributed by atoms with Crippen LogP contribution in [-0.4, -0.2) is 86.6 Å². The van der Waals surface area contributed by atoms with Gasteiger partial charge in [0.05, 0.1) is 43.6 Å². The number of thioether (sulfide) groups is 1. The van der Waals surface area contributed by atoms with Crippen molar-refractivity contribution in [1.82, 2.24) is 14.9 Å². The van der Waals surface area contributed by atoms with E-state index in [1.807, 2.05) is 4.72 Å². The minimum absolute atomic E-state index is 0. The Bertz CT molecular complexity index is 1940. The van der Waals surface area contributed by atoms with Crippen LogP contribution >= 0.6 is 11.8 Å². The number of sulfonamides is 1. The third kappa shape index (κ3) is 15.3. The van der Waals surface area contributed by atoms with Gasteiger partial charge >= 0.3 is 88.7 Å². The van der Waals surface area contributed by atoms with E-state index in [-0.39, 0.29) is 119 Å². The van der Waals surface area contributed by atoms with Crippen LogP contribution in [0.3, 0.4) is 0 Å². The fourth-order valence-corrected chi connectivity index (χ4v) is 7.02. The second kappa shape index (κ2) is 19.5. The SMILES string of the molecule is CNc1c(N=Nc2cc(SCCCCS(=O)(=O)[O-])on2)c(C)nn1CCS(=O)(=O)Nc1cc(S(=O)(=O)[O-])cc(S(=O)(=O)[O-])c1.[Na+].[Na+].[Na+]. The minimum Gasteiger partial charge on any atom is -0.748 e. The summed E-state index contributed by atoms with van der Waals surface area (Å²) in [5.74, 6) is -0.301. The number of anilines is 2. The molecule has 0 radical (unpaired) electrons. The third-order valence-corrected chi connectivity index (χ3v) is 10.0. The van der Waals surface area contributed by atoms with Gasteiger partial charge in [0, 0.05) is 24.6 Å². The molecule has 0 amide bonds.